The standard InChI is InChI=1S/C13H16N4O2/c1-16(2)13(18)12-9-17(5-6-19-12)11-8-15-4-3-10(11)7-14/h3-4,8,12H,5-6,9H2,1-2H3. The highest BCUT2D eigenvalue weighted by Crippen LogP contribution is 2.21. The van der Waals surface area contributed by atoms with E-state index in [4.69, 9.17) is 10.00 Å². The second-order valence-corrected chi connectivity index (χ2v) is 4.54. The van der Waals surface area contributed by atoms with Crippen molar-refractivity contribution in [2.24, 2.45) is 0 Å². The molecule has 19 heavy (non-hydrogen) atoms. The van der Waals surface area contributed by atoms with Crippen LogP contribution >= 0.6 is 0 Å². The first kappa shape index (κ1) is 13.3. The van der Waals surface area contributed by atoms with E-state index in [1.165, 1.54) is 4.90 Å². The molecule has 1 fully saturated rings. The largest absolute Gasteiger partial charge is 0.365 e. The number of hydrogen-bond acceptors (Lipinski definition) is 5. The van der Waals surface area contributed by atoms with Gasteiger partial charge in [-0.25, -0.2) is 0 Å². The molecule has 2 heterocycles. The zero-order valence-electron chi connectivity index (χ0n) is 11.0. The number of carbonyl (C=O) groups excluding carboxylic acids is 1. The number of morpholine rings is 1. The van der Waals surface area contributed by atoms with Crippen LogP contribution in [0.15, 0.2) is 18.5 Å². The number of carbonyl (C=O) groups is 1. The summed E-state index contributed by atoms with van der Waals surface area (Å²) in [5.41, 5.74) is 1.32. The minimum atomic E-state index is -0.490. The smallest absolute Gasteiger partial charge is 0.253 e. The fourth-order valence-electron chi connectivity index (χ4n) is 2.04. The van der Waals surface area contributed by atoms with Gasteiger partial charge in [0, 0.05) is 26.8 Å². The fourth-order valence-corrected chi connectivity index (χ4v) is 2.04. The molecule has 0 aromatic carbocycles. The van der Waals surface area contributed by atoms with E-state index in [0.717, 1.165) is 5.69 Å². The molecule has 1 aliphatic rings. The number of pyridine rings is 1. The average Bonchev–Trinajstić information content (AvgIpc) is 2.46. The zero-order chi connectivity index (χ0) is 13.8. The Morgan fingerprint density at radius 3 is 3.11 bits per heavy atom. The lowest BCUT2D eigenvalue weighted by Gasteiger charge is -2.34. The van der Waals surface area contributed by atoms with Gasteiger partial charge in [-0.2, -0.15) is 5.26 Å². The number of nitrogens with zero attached hydrogens (tertiary/aromatic N) is 4. The molecule has 0 radical (unpaired) electrons. The molecule has 1 atom stereocenters. The summed E-state index contributed by atoms with van der Waals surface area (Å²) in [5.74, 6) is -0.0629. The summed E-state index contributed by atoms with van der Waals surface area (Å²) in [6.07, 6.45) is 2.75. The van der Waals surface area contributed by atoms with E-state index in [0.29, 0.717) is 25.3 Å². The molecule has 0 saturated carbocycles. The van der Waals surface area contributed by atoms with Crippen molar-refractivity contribution in [1.29, 1.82) is 5.26 Å². The van der Waals surface area contributed by atoms with E-state index in [2.05, 4.69) is 11.1 Å². The molecule has 1 aromatic heterocycles. The highest BCUT2D eigenvalue weighted by molar-refractivity contribution is 5.81. The minimum Gasteiger partial charge on any atom is -0.365 e. The number of amides is 1. The van der Waals surface area contributed by atoms with Crippen molar-refractivity contribution in [3.05, 3.63) is 24.0 Å². The summed E-state index contributed by atoms with van der Waals surface area (Å²) in [6, 6.07) is 3.82. The van der Waals surface area contributed by atoms with Crippen LogP contribution in [0, 0.1) is 11.3 Å². The van der Waals surface area contributed by atoms with Gasteiger partial charge in [-0.15, -0.1) is 0 Å². The Morgan fingerprint density at radius 2 is 2.42 bits per heavy atom. The van der Waals surface area contributed by atoms with Crippen LogP contribution in [0.5, 0.6) is 0 Å². The van der Waals surface area contributed by atoms with Gasteiger partial charge >= 0.3 is 0 Å². The SMILES string of the molecule is CN(C)C(=O)C1CN(c2cnccc2C#N)CCO1. The van der Waals surface area contributed by atoms with E-state index < -0.39 is 6.10 Å². The molecular weight excluding hydrogens is 244 g/mol. The highest BCUT2D eigenvalue weighted by Gasteiger charge is 2.28. The molecule has 2 rings (SSSR count). The van der Waals surface area contributed by atoms with Crippen LogP contribution in [0.1, 0.15) is 5.56 Å². The molecule has 1 unspecified atom stereocenters. The van der Waals surface area contributed by atoms with Crippen LogP contribution in [0.2, 0.25) is 0 Å². The van der Waals surface area contributed by atoms with Crippen molar-refractivity contribution in [2.45, 2.75) is 6.10 Å². The summed E-state index contributed by atoms with van der Waals surface area (Å²) in [5, 5.41) is 9.10. The first-order valence-electron chi connectivity index (χ1n) is 6.05. The van der Waals surface area contributed by atoms with Crippen molar-refractivity contribution in [3.63, 3.8) is 0 Å². The van der Waals surface area contributed by atoms with Crippen molar-refractivity contribution in [3.8, 4) is 6.07 Å². The maximum Gasteiger partial charge on any atom is 0.253 e. The quantitative estimate of drug-likeness (QED) is 0.762. The van der Waals surface area contributed by atoms with Gasteiger partial charge in [0.2, 0.25) is 0 Å². The Bertz CT molecular complexity index is 510. The number of likely N-dealkylation sites (N-methyl/N-ethyl adjacent to an activating group) is 1. The molecule has 6 nitrogen and oxygen atoms in total. The zero-order valence-corrected chi connectivity index (χ0v) is 11.0. The molecule has 1 aliphatic heterocycles. The van der Waals surface area contributed by atoms with Crippen molar-refractivity contribution in [2.75, 3.05) is 38.7 Å². The lowest BCUT2D eigenvalue weighted by Crippen LogP contribution is -2.49. The molecule has 1 amide bonds. The number of nitriles is 1. The number of aromatic nitrogens is 1. The maximum absolute atomic E-state index is 11.9. The number of rotatable bonds is 2. The van der Waals surface area contributed by atoms with E-state index in [9.17, 15) is 4.79 Å². The predicted octanol–water partition coefficient (Wildman–Crippen LogP) is 0.247. The molecule has 1 saturated heterocycles. The fraction of sp³-hybridized carbons (Fsp3) is 0.462. The second kappa shape index (κ2) is 5.67. The van der Waals surface area contributed by atoms with Gasteiger partial charge in [0.25, 0.3) is 5.91 Å². The number of ether oxygens (including phenoxy) is 1. The lowest BCUT2D eigenvalue weighted by atomic mass is 10.2. The van der Waals surface area contributed by atoms with Gasteiger partial charge in [-0.1, -0.05) is 0 Å². The van der Waals surface area contributed by atoms with Gasteiger partial charge < -0.3 is 14.5 Å². The van der Waals surface area contributed by atoms with Crippen LogP contribution in [-0.2, 0) is 9.53 Å². The summed E-state index contributed by atoms with van der Waals surface area (Å²) in [6.45, 7) is 1.55. The third-order valence-corrected chi connectivity index (χ3v) is 3.04. The Kier molecular flexibility index (Phi) is 3.97. The lowest BCUT2D eigenvalue weighted by molar-refractivity contribution is -0.141. The summed E-state index contributed by atoms with van der Waals surface area (Å²) < 4.78 is 5.49. The summed E-state index contributed by atoms with van der Waals surface area (Å²) in [7, 11) is 3.41. The maximum atomic E-state index is 11.9. The molecule has 6 heteroatoms. The first-order chi connectivity index (χ1) is 9.13. The molecule has 0 bridgehead atoms. The normalized spacial score (nSPS) is 18.8. The molecule has 0 aliphatic carbocycles. The predicted molar refractivity (Wildman–Crippen MR) is 69.6 cm³/mol. The number of anilines is 1. The van der Waals surface area contributed by atoms with Gasteiger partial charge in [-0.3, -0.25) is 9.78 Å². The first-order valence-corrected chi connectivity index (χ1v) is 6.05. The van der Waals surface area contributed by atoms with E-state index in [1.807, 2.05) is 4.90 Å². The van der Waals surface area contributed by atoms with Gasteiger partial charge in [-0.05, 0) is 6.07 Å². The Hall–Kier alpha value is -2.13. The van der Waals surface area contributed by atoms with Crippen molar-refractivity contribution in [1.82, 2.24) is 9.88 Å². The summed E-state index contributed by atoms with van der Waals surface area (Å²) in [4.78, 5) is 19.5. The van der Waals surface area contributed by atoms with Gasteiger partial charge in [0.1, 0.15) is 6.07 Å². The monoisotopic (exact) mass is 260 g/mol. The molecule has 0 spiro atoms. The highest BCUT2D eigenvalue weighted by atomic mass is 16.5. The molecule has 0 N–H and O–H groups in total. The topological polar surface area (TPSA) is 69.5 Å². The van der Waals surface area contributed by atoms with Crippen molar-refractivity contribution >= 4 is 11.6 Å². The average molecular weight is 260 g/mol. The molecule has 1 aromatic rings. The minimum absolute atomic E-state index is 0.0629. The molecule has 100 valence electrons. The number of hydrogen-bond donors (Lipinski definition) is 0. The summed E-state index contributed by atoms with van der Waals surface area (Å²) >= 11 is 0. The van der Waals surface area contributed by atoms with E-state index >= 15 is 0 Å². The third kappa shape index (κ3) is 2.83. The Morgan fingerprint density at radius 1 is 1.63 bits per heavy atom. The van der Waals surface area contributed by atoms with Crippen molar-refractivity contribution < 1.29 is 9.53 Å². The van der Waals surface area contributed by atoms with Gasteiger partial charge in [0.05, 0.1) is 30.6 Å². The van der Waals surface area contributed by atoms with Crippen LogP contribution in [-0.4, -0.2) is 55.7 Å². The van der Waals surface area contributed by atoms with Crippen LogP contribution in [0.3, 0.4) is 0 Å². The molecular formula is C13H16N4O2. The Labute approximate surface area is 112 Å². The van der Waals surface area contributed by atoms with Gasteiger partial charge in [0.15, 0.2) is 6.10 Å². The Balaban J connectivity index is 2.18. The van der Waals surface area contributed by atoms with E-state index in [1.54, 1.807) is 32.6 Å². The van der Waals surface area contributed by atoms with Crippen LogP contribution in [0.25, 0.3) is 0 Å². The van der Waals surface area contributed by atoms with Crippen LogP contribution < -0.4 is 4.90 Å². The van der Waals surface area contributed by atoms with Crippen LogP contribution in [0.4, 0.5) is 5.69 Å². The third-order valence-electron chi connectivity index (χ3n) is 3.04. The second-order valence-electron chi connectivity index (χ2n) is 4.54. The van der Waals surface area contributed by atoms with E-state index in [-0.39, 0.29) is 5.91 Å².